The molecule has 3 rings (SSSR count). The summed E-state index contributed by atoms with van der Waals surface area (Å²) in [5.74, 6) is 0.930. The highest BCUT2D eigenvalue weighted by Crippen LogP contribution is 2.26. The van der Waals surface area contributed by atoms with Crippen molar-refractivity contribution < 1.29 is 9.53 Å². The Morgan fingerprint density at radius 2 is 2.32 bits per heavy atom. The lowest BCUT2D eigenvalue weighted by molar-refractivity contribution is 0.102. The number of ether oxygens (including phenoxy) is 1. The second-order valence-electron chi connectivity index (χ2n) is 4.69. The Bertz CT molecular complexity index is 616. The van der Waals surface area contributed by atoms with Gasteiger partial charge in [-0.25, -0.2) is 0 Å². The van der Waals surface area contributed by atoms with Gasteiger partial charge in [0.25, 0.3) is 0 Å². The Morgan fingerprint density at radius 3 is 3.16 bits per heavy atom. The molecule has 1 aliphatic heterocycles. The maximum atomic E-state index is 12.5. The monoisotopic (exact) mass is 256 g/mol. The summed E-state index contributed by atoms with van der Waals surface area (Å²) in [6.07, 6.45) is 3.52. The molecule has 1 aliphatic rings. The Hall–Kier alpha value is -2.10. The molecule has 4 nitrogen and oxygen atoms in total. The van der Waals surface area contributed by atoms with Gasteiger partial charge in [0.15, 0.2) is 0 Å². The summed E-state index contributed by atoms with van der Waals surface area (Å²) in [4.78, 5) is 12.5. The highest BCUT2D eigenvalue weighted by Gasteiger charge is 2.18. The van der Waals surface area contributed by atoms with Gasteiger partial charge in [-0.1, -0.05) is 6.92 Å². The normalized spacial score (nSPS) is 13.1. The van der Waals surface area contributed by atoms with E-state index in [-0.39, 0.29) is 5.78 Å². The molecule has 0 aliphatic carbocycles. The van der Waals surface area contributed by atoms with Gasteiger partial charge in [-0.2, -0.15) is 5.10 Å². The lowest BCUT2D eigenvalue weighted by Crippen LogP contribution is -2.11. The summed E-state index contributed by atoms with van der Waals surface area (Å²) < 4.78 is 7.23. The zero-order chi connectivity index (χ0) is 13.2. The third-order valence-corrected chi connectivity index (χ3v) is 3.34. The first-order valence-electron chi connectivity index (χ1n) is 6.62. The van der Waals surface area contributed by atoms with Crippen molar-refractivity contribution in [3.05, 3.63) is 47.3 Å². The second kappa shape index (κ2) is 4.88. The van der Waals surface area contributed by atoms with Crippen LogP contribution in [0.5, 0.6) is 5.75 Å². The molecule has 4 heteroatoms. The molecule has 2 aromatic rings. The maximum Gasteiger partial charge on any atom is 0.211 e. The van der Waals surface area contributed by atoms with Gasteiger partial charge >= 0.3 is 0 Å². The zero-order valence-electron chi connectivity index (χ0n) is 10.9. The number of hydrogen-bond acceptors (Lipinski definition) is 3. The first-order valence-corrected chi connectivity index (χ1v) is 6.62. The van der Waals surface area contributed by atoms with E-state index < -0.39 is 0 Å². The van der Waals surface area contributed by atoms with E-state index >= 15 is 0 Å². The number of benzene rings is 1. The topological polar surface area (TPSA) is 44.1 Å². The number of ketones is 1. The minimum atomic E-state index is 0.0284. The molecule has 19 heavy (non-hydrogen) atoms. The number of carbonyl (C=O) groups is 1. The van der Waals surface area contributed by atoms with E-state index in [1.807, 2.05) is 18.2 Å². The Morgan fingerprint density at radius 1 is 1.42 bits per heavy atom. The molecule has 0 bridgehead atoms. The quantitative estimate of drug-likeness (QED) is 0.789. The van der Waals surface area contributed by atoms with Crippen LogP contribution >= 0.6 is 0 Å². The van der Waals surface area contributed by atoms with Crippen LogP contribution in [0, 0.1) is 0 Å². The van der Waals surface area contributed by atoms with Crippen LogP contribution in [0.1, 0.15) is 35.0 Å². The van der Waals surface area contributed by atoms with Crippen LogP contribution < -0.4 is 4.74 Å². The van der Waals surface area contributed by atoms with Crippen molar-refractivity contribution in [3.63, 3.8) is 0 Å². The Labute approximate surface area is 112 Å². The first kappa shape index (κ1) is 12.0. The van der Waals surface area contributed by atoms with Crippen molar-refractivity contribution in [2.24, 2.45) is 0 Å². The summed E-state index contributed by atoms with van der Waals surface area (Å²) in [6, 6.07) is 7.43. The standard InChI is InChI=1S/C15H16N2O2/c1-2-8-17-13(5-7-16-17)15(18)12-3-4-14-11(10-12)6-9-19-14/h3-5,7,10H,2,6,8-9H2,1H3. The van der Waals surface area contributed by atoms with Crippen molar-refractivity contribution >= 4 is 5.78 Å². The molecule has 0 unspecified atom stereocenters. The average molecular weight is 256 g/mol. The molecule has 0 saturated carbocycles. The predicted octanol–water partition coefficient (Wildman–Crippen LogP) is 2.46. The molecule has 0 atom stereocenters. The van der Waals surface area contributed by atoms with Gasteiger partial charge in [-0.3, -0.25) is 9.48 Å². The van der Waals surface area contributed by atoms with Crippen molar-refractivity contribution in [2.45, 2.75) is 26.3 Å². The summed E-state index contributed by atoms with van der Waals surface area (Å²) in [7, 11) is 0. The van der Waals surface area contributed by atoms with E-state index in [0.717, 1.165) is 30.7 Å². The van der Waals surface area contributed by atoms with E-state index in [4.69, 9.17) is 4.74 Å². The highest BCUT2D eigenvalue weighted by atomic mass is 16.5. The average Bonchev–Trinajstić information content (AvgIpc) is 3.05. The number of nitrogens with zero attached hydrogens (tertiary/aromatic N) is 2. The van der Waals surface area contributed by atoms with Crippen LogP contribution in [0.3, 0.4) is 0 Å². The summed E-state index contributed by atoms with van der Waals surface area (Å²) in [5.41, 5.74) is 2.48. The fourth-order valence-electron chi connectivity index (χ4n) is 2.39. The third-order valence-electron chi connectivity index (χ3n) is 3.34. The summed E-state index contributed by atoms with van der Waals surface area (Å²) in [5, 5.41) is 4.20. The molecule has 1 aromatic carbocycles. The van der Waals surface area contributed by atoms with Gasteiger partial charge < -0.3 is 4.74 Å². The van der Waals surface area contributed by atoms with Gasteiger partial charge in [-0.05, 0) is 36.2 Å². The van der Waals surface area contributed by atoms with E-state index in [9.17, 15) is 4.79 Å². The molecule has 2 heterocycles. The fourth-order valence-corrected chi connectivity index (χ4v) is 2.39. The Balaban J connectivity index is 1.93. The molecule has 0 spiro atoms. The van der Waals surface area contributed by atoms with Crippen LogP contribution in [-0.4, -0.2) is 22.2 Å². The number of carbonyl (C=O) groups excluding carboxylic acids is 1. The number of aryl methyl sites for hydroxylation is 1. The molecular weight excluding hydrogens is 240 g/mol. The number of rotatable bonds is 4. The van der Waals surface area contributed by atoms with E-state index in [2.05, 4.69) is 12.0 Å². The van der Waals surface area contributed by atoms with Crippen LogP contribution in [0.2, 0.25) is 0 Å². The molecule has 1 aromatic heterocycles. The molecule has 0 fully saturated rings. The predicted molar refractivity (Wildman–Crippen MR) is 71.6 cm³/mol. The van der Waals surface area contributed by atoms with Crippen LogP contribution in [0.25, 0.3) is 0 Å². The van der Waals surface area contributed by atoms with Crippen LogP contribution in [-0.2, 0) is 13.0 Å². The smallest absolute Gasteiger partial charge is 0.211 e. The minimum Gasteiger partial charge on any atom is -0.493 e. The lowest BCUT2D eigenvalue weighted by atomic mass is 10.0. The largest absolute Gasteiger partial charge is 0.493 e. The number of hydrogen-bond donors (Lipinski definition) is 0. The SMILES string of the molecule is CCCn1nccc1C(=O)c1ccc2c(c1)CCO2. The van der Waals surface area contributed by atoms with Crippen LogP contribution in [0.4, 0.5) is 0 Å². The second-order valence-corrected chi connectivity index (χ2v) is 4.69. The van der Waals surface area contributed by atoms with E-state index in [1.165, 1.54) is 0 Å². The lowest BCUT2D eigenvalue weighted by Gasteiger charge is -2.06. The van der Waals surface area contributed by atoms with Crippen LogP contribution in [0.15, 0.2) is 30.5 Å². The van der Waals surface area contributed by atoms with Crippen molar-refractivity contribution in [1.82, 2.24) is 9.78 Å². The molecule has 0 radical (unpaired) electrons. The zero-order valence-corrected chi connectivity index (χ0v) is 10.9. The number of fused-ring (bicyclic) bond motifs is 1. The summed E-state index contributed by atoms with van der Waals surface area (Å²) in [6.45, 7) is 3.55. The fraction of sp³-hybridized carbons (Fsp3) is 0.333. The molecule has 0 saturated heterocycles. The summed E-state index contributed by atoms with van der Waals surface area (Å²) >= 11 is 0. The van der Waals surface area contributed by atoms with Gasteiger partial charge in [0, 0.05) is 24.7 Å². The maximum absolute atomic E-state index is 12.5. The minimum absolute atomic E-state index is 0.0284. The highest BCUT2D eigenvalue weighted by molar-refractivity contribution is 6.08. The Kier molecular flexibility index (Phi) is 3.07. The van der Waals surface area contributed by atoms with Crippen molar-refractivity contribution in [1.29, 1.82) is 0 Å². The molecule has 98 valence electrons. The van der Waals surface area contributed by atoms with Gasteiger partial charge in [0.05, 0.1) is 6.61 Å². The number of aromatic nitrogens is 2. The van der Waals surface area contributed by atoms with E-state index in [1.54, 1.807) is 16.9 Å². The first-order chi connectivity index (χ1) is 9.29. The molecule has 0 N–H and O–H groups in total. The van der Waals surface area contributed by atoms with Gasteiger partial charge in [-0.15, -0.1) is 0 Å². The van der Waals surface area contributed by atoms with Crippen molar-refractivity contribution in [2.75, 3.05) is 6.61 Å². The molecular formula is C15H16N2O2. The van der Waals surface area contributed by atoms with Gasteiger partial charge in [0.2, 0.25) is 5.78 Å². The van der Waals surface area contributed by atoms with Crippen molar-refractivity contribution in [3.8, 4) is 5.75 Å². The molecule has 0 amide bonds. The van der Waals surface area contributed by atoms with Gasteiger partial charge in [0.1, 0.15) is 11.4 Å². The van der Waals surface area contributed by atoms with E-state index in [0.29, 0.717) is 17.9 Å². The third kappa shape index (κ3) is 2.14.